The molecule has 0 radical (unpaired) electrons. The zero-order valence-electron chi connectivity index (χ0n) is 14.9. The van der Waals surface area contributed by atoms with Crippen molar-refractivity contribution in [3.63, 3.8) is 0 Å². The lowest BCUT2D eigenvalue weighted by Gasteiger charge is -2.14. The molecule has 2 aromatic heterocycles. The first-order chi connectivity index (χ1) is 13.0. The van der Waals surface area contributed by atoms with E-state index in [0.29, 0.717) is 18.7 Å². The Bertz CT molecular complexity index is 1250. The van der Waals surface area contributed by atoms with E-state index in [4.69, 9.17) is 0 Å². The number of imidazole rings is 1. The Kier molecular flexibility index (Phi) is 4.07. The molecule has 0 saturated heterocycles. The normalized spacial score (nSPS) is 13.8. The van der Waals surface area contributed by atoms with Crippen LogP contribution in [-0.2, 0) is 13.1 Å². The van der Waals surface area contributed by atoms with Gasteiger partial charge in [0.25, 0.3) is 5.56 Å². The molecule has 4 rings (SSSR count). The summed E-state index contributed by atoms with van der Waals surface area (Å²) in [6.07, 6.45) is 2.19. The lowest BCUT2D eigenvalue weighted by molar-refractivity contribution is 0.500. The van der Waals surface area contributed by atoms with Crippen LogP contribution >= 0.6 is 0 Å². The number of hydrogen-bond donors (Lipinski definition) is 1. The quantitative estimate of drug-likeness (QED) is 0.734. The number of aromatic amines is 1. The van der Waals surface area contributed by atoms with Crippen LogP contribution < -0.4 is 16.9 Å². The van der Waals surface area contributed by atoms with Crippen LogP contribution in [0, 0.1) is 18.3 Å². The maximum Gasteiger partial charge on any atom is 0.331 e. The number of H-pyrrole nitrogens is 1. The second kappa shape index (κ2) is 6.43. The zero-order chi connectivity index (χ0) is 19.1. The Hall–Kier alpha value is -3.34. The summed E-state index contributed by atoms with van der Waals surface area (Å²) in [5.74, 6) is 0. The van der Waals surface area contributed by atoms with Crippen molar-refractivity contribution in [1.82, 2.24) is 18.7 Å². The molecule has 0 unspecified atom stereocenters. The number of nitriles is 1. The van der Waals surface area contributed by atoms with Crippen LogP contribution in [0.5, 0.6) is 0 Å². The molecule has 1 aliphatic rings. The molecule has 27 heavy (non-hydrogen) atoms. The molecule has 0 atom stereocenters. The van der Waals surface area contributed by atoms with E-state index in [1.54, 1.807) is 16.1 Å². The maximum atomic E-state index is 12.8. The van der Waals surface area contributed by atoms with E-state index in [-0.39, 0.29) is 29.5 Å². The number of fused-ring (bicyclic) bond motifs is 1. The van der Waals surface area contributed by atoms with Gasteiger partial charge in [0, 0.05) is 24.8 Å². The summed E-state index contributed by atoms with van der Waals surface area (Å²) in [6.45, 7) is 2.18. The molecular formula is C19H19N5O3. The van der Waals surface area contributed by atoms with Crippen molar-refractivity contribution in [3.8, 4) is 6.07 Å². The molecule has 1 saturated carbocycles. The zero-order valence-corrected chi connectivity index (χ0v) is 14.9. The van der Waals surface area contributed by atoms with Gasteiger partial charge in [0.15, 0.2) is 0 Å². The third-order valence-corrected chi connectivity index (χ3v) is 5.09. The van der Waals surface area contributed by atoms with E-state index >= 15 is 0 Å². The predicted octanol–water partition coefficient (Wildman–Crippen LogP) is 1.26. The second-order valence-electron chi connectivity index (χ2n) is 6.87. The third kappa shape index (κ3) is 2.81. The monoisotopic (exact) mass is 365 g/mol. The van der Waals surface area contributed by atoms with Crippen LogP contribution in [-0.4, -0.2) is 18.7 Å². The first kappa shape index (κ1) is 17.1. The van der Waals surface area contributed by atoms with Gasteiger partial charge in [-0.05, 0) is 38.3 Å². The summed E-state index contributed by atoms with van der Waals surface area (Å²) in [4.78, 5) is 40.3. The van der Waals surface area contributed by atoms with Crippen LogP contribution in [0.2, 0.25) is 0 Å². The molecule has 8 nitrogen and oxygen atoms in total. The molecule has 1 aliphatic carbocycles. The number of hydrogen-bond acceptors (Lipinski definition) is 4. The van der Waals surface area contributed by atoms with Gasteiger partial charge in [-0.25, -0.2) is 9.59 Å². The van der Waals surface area contributed by atoms with Gasteiger partial charge in [0.05, 0.1) is 11.0 Å². The number of nitrogens with zero attached hydrogens (tertiary/aromatic N) is 4. The summed E-state index contributed by atoms with van der Waals surface area (Å²) in [5.41, 5.74) is 0.851. The smallest absolute Gasteiger partial charge is 0.306 e. The summed E-state index contributed by atoms with van der Waals surface area (Å²) >= 11 is 0. The number of benzene rings is 1. The summed E-state index contributed by atoms with van der Waals surface area (Å²) in [5, 5.41) is 9.34. The Balaban J connectivity index is 1.65. The first-order valence-electron chi connectivity index (χ1n) is 8.96. The maximum absolute atomic E-state index is 12.8. The second-order valence-corrected chi connectivity index (χ2v) is 6.87. The van der Waals surface area contributed by atoms with Crippen LogP contribution in [0.1, 0.15) is 36.6 Å². The van der Waals surface area contributed by atoms with Gasteiger partial charge < -0.3 is 4.98 Å². The Labute approximate surface area is 153 Å². The predicted molar refractivity (Wildman–Crippen MR) is 99.9 cm³/mol. The molecule has 2 heterocycles. The van der Waals surface area contributed by atoms with Crippen LogP contribution in [0.4, 0.5) is 0 Å². The Morgan fingerprint density at radius 3 is 2.56 bits per heavy atom. The van der Waals surface area contributed by atoms with Crippen LogP contribution in [0.25, 0.3) is 11.0 Å². The average Bonchev–Trinajstić information content (AvgIpc) is 3.42. The highest BCUT2D eigenvalue weighted by molar-refractivity contribution is 5.74. The molecule has 138 valence electrons. The topological polar surface area (TPSA) is 106 Å². The summed E-state index contributed by atoms with van der Waals surface area (Å²) in [7, 11) is 0. The molecule has 3 aromatic rings. The minimum atomic E-state index is -0.553. The minimum absolute atomic E-state index is 0.0192. The fraction of sp³-hybridized carbons (Fsp3) is 0.368. The van der Waals surface area contributed by atoms with E-state index < -0.39 is 5.56 Å². The van der Waals surface area contributed by atoms with Gasteiger partial charge in [-0.15, -0.1) is 0 Å². The minimum Gasteiger partial charge on any atom is -0.306 e. The number of aryl methyl sites for hydroxylation is 1. The molecule has 0 amide bonds. The lowest BCUT2D eigenvalue weighted by atomic mass is 10.2. The molecule has 1 aromatic carbocycles. The van der Waals surface area contributed by atoms with Crippen molar-refractivity contribution in [2.75, 3.05) is 0 Å². The first-order valence-corrected chi connectivity index (χ1v) is 8.96. The highest BCUT2D eigenvalue weighted by Gasteiger charge is 2.29. The van der Waals surface area contributed by atoms with Gasteiger partial charge in [-0.1, -0.05) is 12.1 Å². The van der Waals surface area contributed by atoms with Crippen molar-refractivity contribution in [3.05, 3.63) is 66.8 Å². The summed E-state index contributed by atoms with van der Waals surface area (Å²) < 4.78 is 4.29. The number of nitrogens with one attached hydrogen (secondary N) is 1. The van der Waals surface area contributed by atoms with Gasteiger partial charge >= 0.3 is 11.4 Å². The van der Waals surface area contributed by atoms with E-state index in [0.717, 1.165) is 28.4 Å². The van der Waals surface area contributed by atoms with Crippen molar-refractivity contribution in [2.45, 2.75) is 45.3 Å². The fourth-order valence-electron chi connectivity index (χ4n) is 3.57. The largest absolute Gasteiger partial charge is 0.331 e. The number of para-hydroxylation sites is 2. The van der Waals surface area contributed by atoms with Gasteiger partial charge in [-0.2, -0.15) is 5.26 Å². The van der Waals surface area contributed by atoms with E-state index in [1.807, 2.05) is 30.3 Å². The van der Waals surface area contributed by atoms with E-state index in [1.165, 1.54) is 0 Å². The number of rotatable bonds is 5. The van der Waals surface area contributed by atoms with Crippen LogP contribution in [0.15, 0.2) is 38.6 Å². The standard InChI is InChI=1S/C19H19N5O3/c1-12-14(11-20)17(25)23(19(27)24(12)13-7-8-13)10-4-9-22-16-6-3-2-5-15(16)21-18(22)26/h2-3,5-6,13H,4,7-10H2,1H3,(H,21,26). The van der Waals surface area contributed by atoms with Gasteiger partial charge in [0.1, 0.15) is 11.6 Å². The molecule has 0 bridgehead atoms. The van der Waals surface area contributed by atoms with Crippen molar-refractivity contribution >= 4 is 11.0 Å². The SMILES string of the molecule is Cc1c(C#N)c(=O)n(CCCn2c(=O)[nH]c3ccccc32)c(=O)n1C1CC1. The highest BCUT2D eigenvalue weighted by atomic mass is 16.2. The molecule has 0 spiro atoms. The molecule has 1 N–H and O–H groups in total. The van der Waals surface area contributed by atoms with E-state index in [9.17, 15) is 19.6 Å². The Morgan fingerprint density at radius 1 is 1.15 bits per heavy atom. The van der Waals surface area contributed by atoms with E-state index in [2.05, 4.69) is 4.98 Å². The molecular weight excluding hydrogens is 346 g/mol. The fourth-order valence-corrected chi connectivity index (χ4v) is 3.57. The third-order valence-electron chi connectivity index (χ3n) is 5.09. The molecule has 8 heteroatoms. The summed E-state index contributed by atoms with van der Waals surface area (Å²) in [6, 6.07) is 9.38. The van der Waals surface area contributed by atoms with Crippen LogP contribution in [0.3, 0.4) is 0 Å². The van der Waals surface area contributed by atoms with Gasteiger partial charge in [-0.3, -0.25) is 18.5 Å². The molecule has 0 aliphatic heterocycles. The molecule has 1 fully saturated rings. The van der Waals surface area contributed by atoms with Crippen molar-refractivity contribution in [2.24, 2.45) is 0 Å². The van der Waals surface area contributed by atoms with Crippen molar-refractivity contribution < 1.29 is 0 Å². The lowest BCUT2D eigenvalue weighted by Crippen LogP contribution is -2.42. The highest BCUT2D eigenvalue weighted by Crippen LogP contribution is 2.34. The van der Waals surface area contributed by atoms with Crippen molar-refractivity contribution in [1.29, 1.82) is 5.26 Å². The number of aromatic nitrogens is 4. The average molecular weight is 365 g/mol. The Morgan fingerprint density at radius 2 is 1.85 bits per heavy atom. The van der Waals surface area contributed by atoms with Gasteiger partial charge in [0.2, 0.25) is 0 Å².